The second-order valence-corrected chi connectivity index (χ2v) is 7.16. The summed E-state index contributed by atoms with van der Waals surface area (Å²) in [7, 11) is 0. The van der Waals surface area contributed by atoms with Gasteiger partial charge in [0.1, 0.15) is 12.0 Å². The Morgan fingerprint density at radius 3 is 2.67 bits per heavy atom. The van der Waals surface area contributed by atoms with Gasteiger partial charge in [-0.25, -0.2) is 15.0 Å². The van der Waals surface area contributed by atoms with E-state index in [1.54, 1.807) is 18.6 Å². The lowest BCUT2D eigenvalue weighted by Crippen LogP contribution is -1.89. The van der Waals surface area contributed by atoms with E-state index >= 15 is 0 Å². The molecule has 0 aliphatic carbocycles. The van der Waals surface area contributed by atoms with Crippen LogP contribution in [-0.2, 0) is 0 Å². The van der Waals surface area contributed by atoms with Gasteiger partial charge in [-0.2, -0.15) is 5.10 Å². The van der Waals surface area contributed by atoms with Crippen molar-refractivity contribution >= 4 is 21.8 Å². The van der Waals surface area contributed by atoms with Crippen molar-refractivity contribution in [1.29, 1.82) is 0 Å². The topological polar surface area (TPSA) is 101 Å². The number of aromatic nitrogens is 8. The van der Waals surface area contributed by atoms with Crippen molar-refractivity contribution in [3.8, 4) is 28.3 Å². The van der Waals surface area contributed by atoms with Crippen LogP contribution in [0.15, 0.2) is 67.8 Å². The number of aromatic amines is 2. The molecule has 6 rings (SSSR count). The minimum Gasteiger partial charge on any atom is -0.353 e. The van der Waals surface area contributed by atoms with Crippen LogP contribution in [0.25, 0.3) is 50.1 Å². The number of fused-ring (bicyclic) bond motifs is 2. The van der Waals surface area contributed by atoms with E-state index in [0.717, 1.165) is 55.8 Å². The predicted octanol–water partition coefficient (Wildman–Crippen LogP) is 4.06. The highest BCUT2D eigenvalue weighted by atomic mass is 15.1. The standard InChI is InChI=1S/C22H16N8/c1-13-10-30(12-26-13)21-4-2-3-17-15(21)5-19(27-17)22-16-6-18(14-7-23-11-24-8-14)25-9-20(16)28-29-22/h2-12,27H,1H3,(H,28,29). The number of nitrogens with zero attached hydrogens (tertiary/aromatic N) is 6. The average molecular weight is 392 g/mol. The van der Waals surface area contributed by atoms with E-state index in [2.05, 4.69) is 53.3 Å². The van der Waals surface area contributed by atoms with Crippen LogP contribution in [-0.4, -0.2) is 39.7 Å². The number of aryl methyl sites for hydroxylation is 1. The molecular weight excluding hydrogens is 376 g/mol. The molecule has 1 aromatic carbocycles. The van der Waals surface area contributed by atoms with Crippen molar-refractivity contribution < 1.29 is 0 Å². The molecular formula is C22H16N8. The van der Waals surface area contributed by atoms with E-state index in [0.29, 0.717) is 0 Å². The van der Waals surface area contributed by atoms with E-state index in [9.17, 15) is 0 Å². The first-order valence-corrected chi connectivity index (χ1v) is 9.49. The molecule has 0 radical (unpaired) electrons. The largest absolute Gasteiger partial charge is 0.353 e. The van der Waals surface area contributed by atoms with Crippen LogP contribution < -0.4 is 0 Å². The van der Waals surface area contributed by atoms with Gasteiger partial charge in [-0.15, -0.1) is 0 Å². The molecule has 0 unspecified atom stereocenters. The van der Waals surface area contributed by atoms with Crippen LogP contribution in [0.4, 0.5) is 0 Å². The zero-order valence-electron chi connectivity index (χ0n) is 16.0. The smallest absolute Gasteiger partial charge is 0.116 e. The summed E-state index contributed by atoms with van der Waals surface area (Å²) in [6.07, 6.45) is 10.7. The Balaban J connectivity index is 1.52. The number of rotatable bonds is 3. The molecule has 0 fully saturated rings. The number of hydrogen-bond donors (Lipinski definition) is 2. The molecule has 8 nitrogen and oxygen atoms in total. The van der Waals surface area contributed by atoms with Crippen LogP contribution >= 0.6 is 0 Å². The Bertz CT molecular complexity index is 1510. The number of benzene rings is 1. The van der Waals surface area contributed by atoms with E-state index < -0.39 is 0 Å². The maximum atomic E-state index is 4.56. The van der Waals surface area contributed by atoms with Crippen molar-refractivity contribution in [3.63, 3.8) is 0 Å². The molecule has 5 aromatic heterocycles. The van der Waals surface area contributed by atoms with Gasteiger partial charge in [0.15, 0.2) is 0 Å². The van der Waals surface area contributed by atoms with E-state index in [1.165, 1.54) is 6.33 Å². The minimum absolute atomic E-state index is 0.802. The van der Waals surface area contributed by atoms with E-state index in [-0.39, 0.29) is 0 Å². The third-order valence-electron chi connectivity index (χ3n) is 5.19. The van der Waals surface area contributed by atoms with Crippen molar-refractivity contribution in [2.45, 2.75) is 6.92 Å². The molecule has 144 valence electrons. The normalized spacial score (nSPS) is 11.5. The van der Waals surface area contributed by atoms with Gasteiger partial charge in [-0.1, -0.05) is 6.07 Å². The van der Waals surface area contributed by atoms with Crippen LogP contribution in [0.5, 0.6) is 0 Å². The Morgan fingerprint density at radius 1 is 0.933 bits per heavy atom. The van der Waals surface area contributed by atoms with Gasteiger partial charge in [-0.3, -0.25) is 10.1 Å². The Labute approximate surface area is 170 Å². The highest BCUT2D eigenvalue weighted by Gasteiger charge is 2.15. The number of hydrogen-bond acceptors (Lipinski definition) is 5. The van der Waals surface area contributed by atoms with E-state index in [1.807, 2.05) is 36.1 Å². The molecule has 8 heteroatoms. The van der Waals surface area contributed by atoms with Crippen LogP contribution in [0.2, 0.25) is 0 Å². The highest BCUT2D eigenvalue weighted by molar-refractivity contribution is 5.98. The molecule has 0 spiro atoms. The monoisotopic (exact) mass is 392 g/mol. The fourth-order valence-electron chi connectivity index (χ4n) is 3.76. The van der Waals surface area contributed by atoms with Gasteiger partial charge in [0.05, 0.1) is 40.8 Å². The quantitative estimate of drug-likeness (QED) is 0.473. The molecule has 0 aliphatic heterocycles. The number of nitrogens with one attached hydrogen (secondary N) is 2. The molecule has 5 heterocycles. The van der Waals surface area contributed by atoms with Crippen molar-refractivity contribution in [2.24, 2.45) is 0 Å². The molecule has 0 bridgehead atoms. The lowest BCUT2D eigenvalue weighted by Gasteiger charge is -2.03. The summed E-state index contributed by atoms with van der Waals surface area (Å²) in [4.78, 5) is 20.6. The first-order chi connectivity index (χ1) is 14.8. The maximum Gasteiger partial charge on any atom is 0.116 e. The molecule has 0 aliphatic rings. The van der Waals surface area contributed by atoms with Gasteiger partial charge in [0, 0.05) is 40.4 Å². The van der Waals surface area contributed by atoms with Crippen LogP contribution in [0, 0.1) is 6.92 Å². The average Bonchev–Trinajstić information content (AvgIpc) is 3.51. The Hall–Kier alpha value is -4.33. The second kappa shape index (κ2) is 6.35. The summed E-state index contributed by atoms with van der Waals surface area (Å²) in [5.41, 5.74) is 7.39. The van der Waals surface area contributed by atoms with Crippen molar-refractivity contribution in [2.75, 3.05) is 0 Å². The second-order valence-electron chi connectivity index (χ2n) is 7.16. The lowest BCUT2D eigenvalue weighted by molar-refractivity contribution is 1.07. The van der Waals surface area contributed by atoms with E-state index in [4.69, 9.17) is 0 Å². The van der Waals surface area contributed by atoms with Gasteiger partial charge < -0.3 is 9.55 Å². The summed E-state index contributed by atoms with van der Waals surface area (Å²) in [6.45, 7) is 1.98. The van der Waals surface area contributed by atoms with Gasteiger partial charge in [0.2, 0.25) is 0 Å². The summed E-state index contributed by atoms with van der Waals surface area (Å²) in [6, 6.07) is 10.3. The number of H-pyrrole nitrogens is 2. The van der Waals surface area contributed by atoms with Crippen molar-refractivity contribution in [1.82, 2.24) is 39.7 Å². The van der Waals surface area contributed by atoms with Gasteiger partial charge in [-0.05, 0) is 31.2 Å². The van der Waals surface area contributed by atoms with Crippen LogP contribution in [0.3, 0.4) is 0 Å². The first-order valence-electron chi connectivity index (χ1n) is 9.49. The fourth-order valence-corrected chi connectivity index (χ4v) is 3.76. The molecule has 30 heavy (non-hydrogen) atoms. The minimum atomic E-state index is 0.802. The zero-order chi connectivity index (χ0) is 20.1. The molecule has 0 amide bonds. The lowest BCUT2D eigenvalue weighted by atomic mass is 10.1. The fraction of sp³-hybridized carbons (Fsp3) is 0.0455. The van der Waals surface area contributed by atoms with Gasteiger partial charge in [0.25, 0.3) is 0 Å². The third-order valence-corrected chi connectivity index (χ3v) is 5.19. The molecule has 0 saturated heterocycles. The van der Waals surface area contributed by atoms with Gasteiger partial charge >= 0.3 is 0 Å². The molecule has 6 aromatic rings. The predicted molar refractivity (Wildman–Crippen MR) is 114 cm³/mol. The first kappa shape index (κ1) is 16.6. The number of pyridine rings is 1. The van der Waals surface area contributed by atoms with Crippen molar-refractivity contribution in [3.05, 3.63) is 73.5 Å². The molecule has 0 atom stereocenters. The molecule has 0 saturated carbocycles. The van der Waals surface area contributed by atoms with Crippen LogP contribution in [0.1, 0.15) is 5.69 Å². The summed E-state index contributed by atoms with van der Waals surface area (Å²) in [5.74, 6) is 0. The number of imidazole rings is 1. The summed E-state index contributed by atoms with van der Waals surface area (Å²) in [5, 5.41) is 9.72. The Morgan fingerprint density at radius 2 is 1.83 bits per heavy atom. The SMILES string of the molecule is Cc1cn(-c2cccc3[nH]c(-c4n[nH]c5cnc(-c6cncnc6)cc45)cc23)cn1. The third kappa shape index (κ3) is 2.58. The highest BCUT2D eigenvalue weighted by Crippen LogP contribution is 2.32. The zero-order valence-corrected chi connectivity index (χ0v) is 16.0. The molecule has 2 N–H and O–H groups in total. The Kier molecular flexibility index (Phi) is 3.51. The summed E-state index contributed by atoms with van der Waals surface area (Å²) < 4.78 is 2.04. The summed E-state index contributed by atoms with van der Waals surface area (Å²) >= 11 is 0. The maximum absolute atomic E-state index is 4.56.